The molecule has 4 rings (SSSR count). The number of aryl methyl sites for hydroxylation is 1. The second kappa shape index (κ2) is 14.0. The maximum absolute atomic E-state index is 13.9. The number of carbonyl (C=O) groups excluding carboxylic acids is 1. The van der Waals surface area contributed by atoms with E-state index in [2.05, 4.69) is 46.9 Å². The van der Waals surface area contributed by atoms with Crippen molar-refractivity contribution in [3.63, 3.8) is 0 Å². The molecule has 210 valence electrons. The fourth-order valence-electron chi connectivity index (χ4n) is 4.68. The topological polar surface area (TPSA) is 86.3 Å². The molecule has 3 aromatic carbocycles. The third-order valence-corrected chi connectivity index (χ3v) is 6.81. The number of aliphatic hydroxyl groups is 1. The lowest BCUT2D eigenvalue weighted by molar-refractivity contribution is 0.0830. The van der Waals surface area contributed by atoms with Crippen molar-refractivity contribution in [2.45, 2.75) is 51.8 Å². The van der Waals surface area contributed by atoms with Crippen LogP contribution in [0.1, 0.15) is 47.3 Å². The van der Waals surface area contributed by atoms with Crippen molar-refractivity contribution in [3.8, 4) is 0 Å². The Morgan fingerprint density at radius 3 is 2.48 bits per heavy atom. The summed E-state index contributed by atoms with van der Waals surface area (Å²) in [5, 5.41) is 22.3. The molecule has 0 spiro atoms. The second-order valence-corrected chi connectivity index (χ2v) is 9.96. The number of fused-ring (bicyclic) bond motifs is 1. The number of hydrogen-bond acceptors (Lipinski definition) is 5. The summed E-state index contributed by atoms with van der Waals surface area (Å²) in [6.07, 6.45) is 2.60. The van der Waals surface area contributed by atoms with E-state index in [1.807, 2.05) is 24.3 Å². The third-order valence-electron chi connectivity index (χ3n) is 6.81. The first kappa shape index (κ1) is 29.1. The first-order valence-electron chi connectivity index (χ1n) is 13.7. The van der Waals surface area contributed by atoms with Crippen LogP contribution in [0.5, 0.6) is 0 Å². The minimum Gasteiger partial charge on any atom is -0.390 e. The molecule has 8 heteroatoms. The van der Waals surface area contributed by atoms with Gasteiger partial charge in [-0.1, -0.05) is 44.2 Å². The van der Waals surface area contributed by atoms with Gasteiger partial charge in [0.05, 0.1) is 12.1 Å². The van der Waals surface area contributed by atoms with Gasteiger partial charge in [-0.3, -0.25) is 4.79 Å². The van der Waals surface area contributed by atoms with E-state index in [9.17, 15) is 18.7 Å². The highest BCUT2D eigenvalue weighted by atomic mass is 19.1. The van der Waals surface area contributed by atoms with Gasteiger partial charge in [0.2, 0.25) is 0 Å². The molecule has 0 radical (unpaired) electrons. The van der Waals surface area contributed by atoms with Crippen molar-refractivity contribution in [2.75, 3.05) is 18.4 Å². The molecule has 0 saturated heterocycles. The summed E-state index contributed by atoms with van der Waals surface area (Å²) < 4.78 is 27.8. The number of amides is 1. The summed E-state index contributed by atoms with van der Waals surface area (Å²) in [4.78, 5) is 17.8. The normalized spacial score (nSPS) is 12.7. The van der Waals surface area contributed by atoms with Crippen molar-refractivity contribution < 1.29 is 18.7 Å². The lowest BCUT2D eigenvalue weighted by Gasteiger charge is -2.25. The number of hydrogen-bond donors (Lipinski definition) is 4. The zero-order valence-electron chi connectivity index (χ0n) is 22.9. The predicted octanol–water partition coefficient (Wildman–Crippen LogP) is 5.39. The van der Waals surface area contributed by atoms with Crippen molar-refractivity contribution >= 4 is 22.5 Å². The molecule has 1 amide bonds. The molecule has 6 nitrogen and oxygen atoms in total. The first-order valence-corrected chi connectivity index (χ1v) is 13.7. The van der Waals surface area contributed by atoms with Crippen LogP contribution in [-0.2, 0) is 19.4 Å². The van der Waals surface area contributed by atoms with Crippen LogP contribution in [0, 0.1) is 11.6 Å². The van der Waals surface area contributed by atoms with Crippen LogP contribution in [0.3, 0.4) is 0 Å². The Morgan fingerprint density at radius 1 is 0.950 bits per heavy atom. The van der Waals surface area contributed by atoms with Crippen LogP contribution in [-0.4, -0.2) is 41.2 Å². The first-order chi connectivity index (χ1) is 19.4. The number of benzene rings is 3. The zero-order chi connectivity index (χ0) is 28.5. The van der Waals surface area contributed by atoms with E-state index < -0.39 is 29.7 Å². The monoisotopic (exact) mass is 546 g/mol. The molecule has 0 aliphatic rings. The van der Waals surface area contributed by atoms with Crippen LogP contribution < -0.4 is 16.0 Å². The molecule has 0 fully saturated rings. The number of aliphatic hydroxyl groups excluding tert-OH is 1. The average molecular weight is 547 g/mol. The smallest absolute Gasteiger partial charge is 0.251 e. The molecule has 2 atom stereocenters. The Hall–Kier alpha value is -3.88. The molecule has 0 unspecified atom stereocenters. The van der Waals surface area contributed by atoms with Crippen molar-refractivity contribution in [3.05, 3.63) is 107 Å². The highest BCUT2D eigenvalue weighted by Gasteiger charge is 2.23. The second-order valence-electron chi connectivity index (χ2n) is 9.96. The van der Waals surface area contributed by atoms with E-state index >= 15 is 0 Å². The highest BCUT2D eigenvalue weighted by molar-refractivity contribution is 6.01. The van der Waals surface area contributed by atoms with Crippen molar-refractivity contribution in [1.29, 1.82) is 0 Å². The van der Waals surface area contributed by atoms with Crippen LogP contribution in [0.2, 0.25) is 0 Å². The molecule has 0 aliphatic carbocycles. The Labute approximate surface area is 233 Å². The molecule has 0 bridgehead atoms. The summed E-state index contributed by atoms with van der Waals surface area (Å²) in [7, 11) is 0. The van der Waals surface area contributed by atoms with Gasteiger partial charge < -0.3 is 21.1 Å². The molecule has 1 aromatic heterocycles. The summed E-state index contributed by atoms with van der Waals surface area (Å²) >= 11 is 0. The van der Waals surface area contributed by atoms with Crippen molar-refractivity contribution in [1.82, 2.24) is 15.6 Å². The summed E-state index contributed by atoms with van der Waals surface area (Å²) in [6.45, 7) is 5.60. The fourth-order valence-corrected chi connectivity index (χ4v) is 4.68. The number of rotatable bonds is 13. The van der Waals surface area contributed by atoms with Gasteiger partial charge in [0, 0.05) is 42.8 Å². The molecular weight excluding hydrogens is 510 g/mol. The van der Waals surface area contributed by atoms with Gasteiger partial charge in [-0.2, -0.15) is 0 Å². The van der Waals surface area contributed by atoms with E-state index in [1.54, 1.807) is 18.3 Å². The minimum absolute atomic E-state index is 0.0486. The number of carbonyl (C=O) groups is 1. The van der Waals surface area contributed by atoms with Gasteiger partial charge >= 0.3 is 0 Å². The molecule has 1 heterocycles. The Morgan fingerprint density at radius 2 is 1.73 bits per heavy atom. The van der Waals surface area contributed by atoms with E-state index in [-0.39, 0.29) is 13.0 Å². The number of halogens is 2. The standard InChI is InChI=1S/C32H36F2N4O2/c1-3-11-36-31-28-17-25(9-8-24(28)10-12-37-31)32(40)38-29(16-23-14-26(33)18-27(34)15-23)30(39)20-35-19-22-7-5-6-21(4-2)13-22/h5-10,12-15,17-18,29-30,35,39H,3-4,11,16,19-20H2,1-2H3,(H,36,37)(H,38,40)/t29-,30+/m0/s1. The molecular formula is C32H36F2N4O2. The number of aromatic nitrogens is 1. The average Bonchev–Trinajstić information content (AvgIpc) is 2.95. The molecule has 0 saturated carbocycles. The Balaban J connectivity index is 1.52. The van der Waals surface area contributed by atoms with Gasteiger partial charge in [-0.15, -0.1) is 0 Å². The summed E-state index contributed by atoms with van der Waals surface area (Å²) in [5.41, 5.74) is 3.03. The number of nitrogens with zero attached hydrogens (tertiary/aromatic N) is 1. The molecule has 4 aromatic rings. The van der Waals surface area contributed by atoms with Crippen LogP contribution in [0.15, 0.2) is 72.9 Å². The van der Waals surface area contributed by atoms with Crippen LogP contribution in [0.4, 0.5) is 14.6 Å². The number of anilines is 1. The third kappa shape index (κ3) is 7.83. The minimum atomic E-state index is -1.02. The van der Waals surface area contributed by atoms with Gasteiger partial charge in [0.15, 0.2) is 0 Å². The molecule has 0 aliphatic heterocycles. The molecule has 4 N–H and O–H groups in total. The van der Waals surface area contributed by atoms with Crippen LogP contribution >= 0.6 is 0 Å². The maximum Gasteiger partial charge on any atom is 0.251 e. The lowest BCUT2D eigenvalue weighted by Crippen LogP contribution is -2.48. The van der Waals surface area contributed by atoms with Gasteiger partial charge in [0.25, 0.3) is 5.91 Å². The lowest BCUT2D eigenvalue weighted by atomic mass is 9.99. The predicted molar refractivity (Wildman–Crippen MR) is 155 cm³/mol. The van der Waals surface area contributed by atoms with E-state index in [0.29, 0.717) is 23.5 Å². The SMILES string of the molecule is CCCNc1nccc2ccc(C(=O)N[C@@H](Cc3cc(F)cc(F)c3)[C@H](O)CNCc3cccc(CC)c3)cc12. The molecule has 40 heavy (non-hydrogen) atoms. The van der Waals surface area contributed by atoms with E-state index in [1.165, 1.54) is 17.7 Å². The van der Waals surface area contributed by atoms with Gasteiger partial charge in [-0.25, -0.2) is 13.8 Å². The Kier molecular flexibility index (Phi) is 10.2. The highest BCUT2D eigenvalue weighted by Crippen LogP contribution is 2.23. The van der Waals surface area contributed by atoms with Gasteiger partial charge in [-0.05, 0) is 71.7 Å². The fraction of sp³-hybridized carbons (Fsp3) is 0.312. The zero-order valence-corrected chi connectivity index (χ0v) is 22.9. The van der Waals surface area contributed by atoms with Crippen LogP contribution in [0.25, 0.3) is 10.8 Å². The summed E-state index contributed by atoms with van der Waals surface area (Å²) in [6, 6.07) is 17.8. The van der Waals surface area contributed by atoms with Crippen molar-refractivity contribution in [2.24, 2.45) is 0 Å². The van der Waals surface area contributed by atoms with E-state index in [4.69, 9.17) is 0 Å². The quantitative estimate of drug-likeness (QED) is 0.181. The van der Waals surface area contributed by atoms with Gasteiger partial charge in [0.1, 0.15) is 17.5 Å². The van der Waals surface area contributed by atoms with E-state index in [0.717, 1.165) is 41.8 Å². The summed E-state index contributed by atoms with van der Waals surface area (Å²) in [5.74, 6) is -1.13. The number of nitrogens with one attached hydrogen (secondary N) is 3. The number of pyridine rings is 1. The Bertz CT molecular complexity index is 1430. The maximum atomic E-state index is 13.9. The largest absolute Gasteiger partial charge is 0.390 e.